The Hall–Kier alpha value is 0.230. The van der Waals surface area contributed by atoms with E-state index in [9.17, 15) is 0 Å². The Labute approximate surface area is 134 Å². The van der Waals surface area contributed by atoms with Crippen LogP contribution in [0.15, 0.2) is 0 Å². The average Bonchev–Trinajstić information content (AvgIpc) is 2.71. The van der Waals surface area contributed by atoms with E-state index in [-0.39, 0.29) is 12.2 Å². The molecule has 9 atom stereocenters. The fourth-order valence-electron chi connectivity index (χ4n) is 5.16. The van der Waals surface area contributed by atoms with Gasteiger partial charge in [-0.3, -0.25) is 0 Å². The molecule has 5 rings (SSSR count). The first-order valence-corrected chi connectivity index (χ1v) is 9.33. The summed E-state index contributed by atoms with van der Waals surface area (Å²) in [6.45, 7) is 6.48. The van der Waals surface area contributed by atoms with Gasteiger partial charge in [-0.05, 0) is 38.0 Å². The summed E-state index contributed by atoms with van der Waals surface area (Å²) in [4.78, 5) is 11.9. The highest BCUT2D eigenvalue weighted by atomic mass is 31.0. The molecule has 0 aromatic heterocycles. The van der Waals surface area contributed by atoms with Crippen molar-refractivity contribution in [1.82, 2.24) is 0 Å². The molecule has 4 saturated heterocycles. The maximum Gasteiger partial charge on any atom is 0.201 e. The van der Waals surface area contributed by atoms with Crippen LogP contribution in [0.1, 0.15) is 46.5 Å². The predicted molar refractivity (Wildman–Crippen MR) is 82.5 cm³/mol. The number of rotatable bonds is 2. The molecule has 5 fully saturated rings. The van der Waals surface area contributed by atoms with Crippen molar-refractivity contribution in [3.63, 3.8) is 0 Å². The second-order valence-corrected chi connectivity index (χ2v) is 7.94. The van der Waals surface area contributed by atoms with Crippen molar-refractivity contribution in [2.45, 2.75) is 70.4 Å². The highest BCUT2D eigenvalue weighted by Crippen LogP contribution is 2.60. The first kappa shape index (κ1) is 15.7. The van der Waals surface area contributed by atoms with Crippen LogP contribution in [0.5, 0.6) is 0 Å². The van der Waals surface area contributed by atoms with Crippen LogP contribution >= 0.6 is 9.24 Å². The van der Waals surface area contributed by atoms with Gasteiger partial charge in [-0.15, -0.1) is 9.24 Å². The van der Waals surface area contributed by atoms with Gasteiger partial charge in [-0.1, -0.05) is 13.8 Å². The summed E-state index contributed by atoms with van der Waals surface area (Å²) in [7, 11) is 2.60. The lowest BCUT2D eigenvalue weighted by atomic mass is 9.58. The first-order valence-electron chi connectivity index (χ1n) is 8.52. The molecular weight excluding hydrogens is 303 g/mol. The van der Waals surface area contributed by atoms with Gasteiger partial charge in [0.2, 0.25) is 5.79 Å². The minimum atomic E-state index is -0.705. The number of hydrogen-bond acceptors (Lipinski definition) is 5. The molecule has 2 bridgehead atoms. The molecule has 4 aliphatic heterocycles. The second kappa shape index (κ2) is 5.37. The van der Waals surface area contributed by atoms with Crippen LogP contribution in [0, 0.1) is 23.7 Å². The largest absolute Gasteiger partial charge is 0.348 e. The summed E-state index contributed by atoms with van der Waals surface area (Å²) in [6.07, 6.45) is 4.18. The highest BCUT2D eigenvalue weighted by Gasteiger charge is 2.69. The molecule has 0 aromatic carbocycles. The normalized spacial score (nSPS) is 57.3. The van der Waals surface area contributed by atoms with Crippen LogP contribution in [-0.4, -0.2) is 30.3 Å². The SMILES string of the molecule is C[C@@H]1CC[C@H]2[C@@H](C)C(OCP)O[C@@H]3O[C@]4(C)CC[C@@H]1[C@]32OO4. The first-order chi connectivity index (χ1) is 10.5. The van der Waals surface area contributed by atoms with E-state index in [1.807, 2.05) is 6.92 Å². The van der Waals surface area contributed by atoms with Crippen molar-refractivity contribution >= 4 is 9.24 Å². The lowest BCUT2D eigenvalue weighted by Crippen LogP contribution is -2.70. The van der Waals surface area contributed by atoms with E-state index >= 15 is 0 Å². The molecule has 5 aliphatic rings. The minimum absolute atomic E-state index is 0.237. The van der Waals surface area contributed by atoms with Crippen molar-refractivity contribution in [2.24, 2.45) is 23.7 Å². The lowest BCUT2D eigenvalue weighted by molar-refractivity contribution is -0.577. The van der Waals surface area contributed by atoms with Gasteiger partial charge >= 0.3 is 0 Å². The summed E-state index contributed by atoms with van der Waals surface area (Å²) in [6, 6.07) is 0. The van der Waals surface area contributed by atoms with Crippen molar-refractivity contribution in [2.75, 3.05) is 6.35 Å². The average molecular weight is 330 g/mol. The third-order valence-electron chi connectivity index (χ3n) is 6.36. The molecule has 0 amide bonds. The fraction of sp³-hybridized carbons (Fsp3) is 1.00. The van der Waals surface area contributed by atoms with Gasteiger partial charge in [0.15, 0.2) is 18.2 Å². The van der Waals surface area contributed by atoms with E-state index < -0.39 is 17.7 Å². The zero-order chi connectivity index (χ0) is 15.5. The van der Waals surface area contributed by atoms with Crippen molar-refractivity contribution in [3.05, 3.63) is 0 Å². The standard InChI is InChI=1S/C16H27O5P/c1-9-4-5-12-10(2)13(17-8-22)18-14-16(12)11(9)6-7-15(3,19-14)20-21-16/h9-14H,4-8,22H2,1-3H3/t9-,10-,11+,12+,13?,14-,15+,16-/m1/s1. The molecule has 126 valence electrons. The Kier molecular flexibility index (Phi) is 3.84. The van der Waals surface area contributed by atoms with Gasteiger partial charge in [0, 0.05) is 18.3 Å². The molecular formula is C16H27O5P. The molecule has 5 nitrogen and oxygen atoms in total. The third kappa shape index (κ3) is 2.06. The monoisotopic (exact) mass is 330 g/mol. The van der Waals surface area contributed by atoms with Crippen molar-refractivity contribution in [1.29, 1.82) is 0 Å². The van der Waals surface area contributed by atoms with Gasteiger partial charge in [0.05, 0.1) is 6.35 Å². The van der Waals surface area contributed by atoms with Crippen LogP contribution < -0.4 is 0 Å². The van der Waals surface area contributed by atoms with Gasteiger partial charge < -0.3 is 14.2 Å². The molecule has 0 radical (unpaired) electrons. The molecule has 2 unspecified atom stereocenters. The van der Waals surface area contributed by atoms with E-state index in [0.717, 1.165) is 19.3 Å². The Morgan fingerprint density at radius 1 is 1.14 bits per heavy atom. The maximum absolute atomic E-state index is 6.25. The molecule has 1 aliphatic carbocycles. The van der Waals surface area contributed by atoms with Crippen molar-refractivity contribution < 1.29 is 24.0 Å². The van der Waals surface area contributed by atoms with Crippen molar-refractivity contribution in [3.8, 4) is 0 Å². The summed E-state index contributed by atoms with van der Waals surface area (Å²) in [5, 5.41) is 0. The summed E-state index contributed by atoms with van der Waals surface area (Å²) >= 11 is 0. The molecule has 1 saturated carbocycles. The molecule has 0 aromatic rings. The number of hydrogen-bond donors (Lipinski definition) is 0. The van der Waals surface area contributed by atoms with E-state index in [2.05, 4.69) is 23.1 Å². The molecule has 1 spiro atoms. The smallest absolute Gasteiger partial charge is 0.201 e. The highest BCUT2D eigenvalue weighted by molar-refractivity contribution is 7.16. The van der Waals surface area contributed by atoms with E-state index in [1.165, 1.54) is 6.42 Å². The van der Waals surface area contributed by atoms with Crippen LogP contribution in [-0.2, 0) is 24.0 Å². The summed E-state index contributed by atoms with van der Waals surface area (Å²) in [5.74, 6) is 0.920. The Morgan fingerprint density at radius 3 is 2.73 bits per heavy atom. The topological polar surface area (TPSA) is 46.2 Å². The third-order valence-corrected chi connectivity index (χ3v) is 6.55. The maximum atomic E-state index is 6.25. The summed E-state index contributed by atoms with van der Waals surface area (Å²) < 4.78 is 18.3. The Morgan fingerprint density at radius 2 is 1.95 bits per heavy atom. The Bertz CT molecular complexity index is 448. The second-order valence-electron chi connectivity index (χ2n) is 7.61. The van der Waals surface area contributed by atoms with Gasteiger partial charge in [-0.25, -0.2) is 9.78 Å². The summed E-state index contributed by atoms with van der Waals surface area (Å²) in [5.41, 5.74) is -0.478. The van der Waals surface area contributed by atoms with Gasteiger partial charge in [0.1, 0.15) is 0 Å². The zero-order valence-electron chi connectivity index (χ0n) is 13.6. The van der Waals surface area contributed by atoms with E-state index in [0.29, 0.717) is 24.1 Å². The van der Waals surface area contributed by atoms with E-state index in [1.54, 1.807) is 0 Å². The van der Waals surface area contributed by atoms with E-state index in [4.69, 9.17) is 24.0 Å². The lowest BCUT2D eigenvalue weighted by Gasteiger charge is -2.60. The predicted octanol–water partition coefficient (Wildman–Crippen LogP) is 3.04. The van der Waals surface area contributed by atoms with Crippen LogP contribution in [0.3, 0.4) is 0 Å². The Balaban J connectivity index is 1.75. The quantitative estimate of drug-likeness (QED) is 0.575. The van der Waals surface area contributed by atoms with Crippen LogP contribution in [0.4, 0.5) is 0 Å². The van der Waals surface area contributed by atoms with Crippen LogP contribution in [0.2, 0.25) is 0 Å². The minimum Gasteiger partial charge on any atom is -0.348 e. The van der Waals surface area contributed by atoms with Crippen LogP contribution in [0.25, 0.3) is 0 Å². The molecule has 6 heteroatoms. The molecule has 4 heterocycles. The van der Waals surface area contributed by atoms with Gasteiger partial charge in [0.25, 0.3) is 0 Å². The molecule has 0 N–H and O–H groups in total. The number of fused-ring (bicyclic) bond motifs is 2. The van der Waals surface area contributed by atoms with Gasteiger partial charge in [-0.2, -0.15) is 0 Å². The molecule has 22 heavy (non-hydrogen) atoms. The zero-order valence-corrected chi connectivity index (χ0v) is 14.8. The number of ether oxygens (including phenoxy) is 3. The fourth-order valence-corrected chi connectivity index (χ4v) is 5.35.